The molecule has 1 nitrogen and oxygen atoms in total. The van der Waals surface area contributed by atoms with E-state index >= 15 is 0 Å². The maximum absolute atomic E-state index is 4.95. The lowest BCUT2D eigenvalue weighted by Crippen LogP contribution is -1.77. The van der Waals surface area contributed by atoms with Gasteiger partial charge >= 0.3 is 0 Å². The number of ether oxygens (including phenoxy) is 1. The lowest BCUT2D eigenvalue weighted by atomic mass is 10.3. The molecule has 1 heterocycles. The zero-order valence-electron chi connectivity index (χ0n) is 3.85. The van der Waals surface area contributed by atoms with Crippen LogP contribution in [0.15, 0.2) is 12.7 Å². The Kier molecular flexibility index (Phi) is 0.701. The molecule has 0 unspecified atom stereocenters. The SMILES string of the molecule is C=C[C@H]1O[C@@H]1C. The molecule has 34 valence electrons. The van der Waals surface area contributed by atoms with Crippen molar-refractivity contribution in [2.75, 3.05) is 0 Å². The Morgan fingerprint density at radius 1 is 1.83 bits per heavy atom. The summed E-state index contributed by atoms with van der Waals surface area (Å²) in [7, 11) is 0. The van der Waals surface area contributed by atoms with Crippen molar-refractivity contribution in [1.29, 1.82) is 0 Å². The van der Waals surface area contributed by atoms with Crippen molar-refractivity contribution in [2.45, 2.75) is 19.1 Å². The lowest BCUT2D eigenvalue weighted by Gasteiger charge is -1.63. The Balaban J connectivity index is 2.25. The predicted molar refractivity (Wildman–Crippen MR) is 24.5 cm³/mol. The maximum Gasteiger partial charge on any atom is 0.102 e. The molecule has 6 heavy (non-hydrogen) atoms. The minimum atomic E-state index is 0.366. The molecule has 0 aromatic carbocycles. The third-order valence-corrected chi connectivity index (χ3v) is 0.990. The summed E-state index contributed by atoms with van der Waals surface area (Å²) >= 11 is 0. The molecule has 1 fully saturated rings. The minimum absolute atomic E-state index is 0.366. The fourth-order valence-corrected chi connectivity index (χ4v) is 0.450. The highest BCUT2D eigenvalue weighted by Gasteiger charge is 2.30. The van der Waals surface area contributed by atoms with Gasteiger partial charge in [0.05, 0.1) is 6.10 Å². The van der Waals surface area contributed by atoms with Crippen LogP contribution in [0.2, 0.25) is 0 Å². The van der Waals surface area contributed by atoms with E-state index in [2.05, 4.69) is 6.58 Å². The Morgan fingerprint density at radius 3 is 2.33 bits per heavy atom. The zero-order valence-corrected chi connectivity index (χ0v) is 3.85. The first-order chi connectivity index (χ1) is 2.84. The fourth-order valence-electron chi connectivity index (χ4n) is 0.450. The monoisotopic (exact) mass is 84.1 g/mol. The topological polar surface area (TPSA) is 12.5 Å². The number of rotatable bonds is 1. The second-order valence-corrected chi connectivity index (χ2v) is 1.54. The first-order valence-corrected chi connectivity index (χ1v) is 2.12. The van der Waals surface area contributed by atoms with E-state index in [0.717, 1.165) is 0 Å². The first kappa shape index (κ1) is 3.88. The molecule has 0 aromatic heterocycles. The summed E-state index contributed by atoms with van der Waals surface area (Å²) < 4.78 is 4.95. The van der Waals surface area contributed by atoms with Crippen molar-refractivity contribution in [3.8, 4) is 0 Å². The number of epoxide rings is 1. The van der Waals surface area contributed by atoms with E-state index in [1.54, 1.807) is 0 Å². The van der Waals surface area contributed by atoms with Crippen LogP contribution < -0.4 is 0 Å². The Bertz CT molecular complexity index is 68.3. The molecule has 2 atom stereocenters. The van der Waals surface area contributed by atoms with E-state index < -0.39 is 0 Å². The van der Waals surface area contributed by atoms with Gasteiger partial charge in [-0.1, -0.05) is 6.08 Å². The third-order valence-electron chi connectivity index (χ3n) is 0.990. The first-order valence-electron chi connectivity index (χ1n) is 2.12. The second-order valence-electron chi connectivity index (χ2n) is 1.54. The van der Waals surface area contributed by atoms with Gasteiger partial charge in [0.1, 0.15) is 6.10 Å². The summed E-state index contributed by atoms with van der Waals surface area (Å²) in [5, 5.41) is 0. The molecule has 0 aliphatic carbocycles. The van der Waals surface area contributed by atoms with E-state index in [0.29, 0.717) is 12.2 Å². The standard InChI is InChI=1S/C5H8O/c1-3-5-4(2)6-5/h3-5H,1H2,2H3/t4-,5-/m1/s1. The molecule has 0 N–H and O–H groups in total. The molecule has 0 saturated carbocycles. The molecule has 1 rings (SSSR count). The zero-order chi connectivity index (χ0) is 4.57. The van der Waals surface area contributed by atoms with Gasteiger partial charge in [-0.05, 0) is 6.92 Å². The molecule has 1 aliphatic rings. The maximum atomic E-state index is 4.95. The molecule has 1 saturated heterocycles. The molecule has 1 heteroatoms. The van der Waals surface area contributed by atoms with Crippen molar-refractivity contribution in [1.82, 2.24) is 0 Å². The van der Waals surface area contributed by atoms with Gasteiger partial charge in [0.2, 0.25) is 0 Å². The lowest BCUT2D eigenvalue weighted by molar-refractivity contribution is 0.400. The molecule has 0 amide bonds. The average molecular weight is 84.1 g/mol. The van der Waals surface area contributed by atoms with Gasteiger partial charge in [0.15, 0.2) is 0 Å². The van der Waals surface area contributed by atoms with E-state index in [4.69, 9.17) is 4.74 Å². The van der Waals surface area contributed by atoms with Crippen molar-refractivity contribution < 1.29 is 4.74 Å². The minimum Gasteiger partial charge on any atom is -0.365 e. The van der Waals surface area contributed by atoms with Gasteiger partial charge in [0.25, 0.3) is 0 Å². The highest BCUT2D eigenvalue weighted by molar-refractivity contribution is 4.95. The Hall–Kier alpha value is -0.300. The molecule has 1 aliphatic heterocycles. The van der Waals surface area contributed by atoms with Gasteiger partial charge in [-0.15, -0.1) is 6.58 Å². The van der Waals surface area contributed by atoms with Gasteiger partial charge in [0, 0.05) is 0 Å². The van der Waals surface area contributed by atoms with Gasteiger partial charge in [-0.25, -0.2) is 0 Å². The second kappa shape index (κ2) is 1.09. The summed E-state index contributed by atoms with van der Waals surface area (Å²) in [5.74, 6) is 0. The summed E-state index contributed by atoms with van der Waals surface area (Å²) in [6.45, 7) is 5.58. The van der Waals surface area contributed by atoms with Crippen LogP contribution in [0.1, 0.15) is 6.92 Å². The van der Waals surface area contributed by atoms with Crippen LogP contribution in [-0.2, 0) is 4.74 Å². The molecule has 0 aromatic rings. The van der Waals surface area contributed by atoms with E-state index in [-0.39, 0.29) is 0 Å². The quantitative estimate of drug-likeness (QED) is 0.340. The van der Waals surface area contributed by atoms with Crippen molar-refractivity contribution in [3.05, 3.63) is 12.7 Å². The highest BCUT2D eigenvalue weighted by Crippen LogP contribution is 2.20. The molecule has 0 spiro atoms. The third kappa shape index (κ3) is 0.455. The van der Waals surface area contributed by atoms with E-state index in [9.17, 15) is 0 Å². The van der Waals surface area contributed by atoms with Crippen molar-refractivity contribution >= 4 is 0 Å². The summed E-state index contributed by atoms with van der Waals surface area (Å²) in [4.78, 5) is 0. The summed E-state index contributed by atoms with van der Waals surface area (Å²) in [5.41, 5.74) is 0. The van der Waals surface area contributed by atoms with E-state index in [1.165, 1.54) is 0 Å². The van der Waals surface area contributed by atoms with Crippen LogP contribution in [0, 0.1) is 0 Å². The fraction of sp³-hybridized carbons (Fsp3) is 0.600. The van der Waals surface area contributed by atoms with Crippen LogP contribution in [0.4, 0.5) is 0 Å². The summed E-state index contributed by atoms with van der Waals surface area (Å²) in [6, 6.07) is 0. The molecule has 0 bridgehead atoms. The van der Waals surface area contributed by atoms with Crippen LogP contribution in [0.5, 0.6) is 0 Å². The van der Waals surface area contributed by atoms with Crippen LogP contribution in [0.25, 0.3) is 0 Å². The molecule has 0 radical (unpaired) electrons. The predicted octanol–water partition coefficient (Wildman–Crippen LogP) is 0.960. The van der Waals surface area contributed by atoms with Gasteiger partial charge in [-0.2, -0.15) is 0 Å². The van der Waals surface area contributed by atoms with Crippen LogP contribution in [0.3, 0.4) is 0 Å². The highest BCUT2D eigenvalue weighted by atomic mass is 16.6. The Morgan fingerprint density at radius 2 is 2.33 bits per heavy atom. The largest absolute Gasteiger partial charge is 0.365 e. The van der Waals surface area contributed by atoms with Crippen LogP contribution in [-0.4, -0.2) is 12.2 Å². The average Bonchev–Trinajstić information content (AvgIpc) is 2.19. The number of hydrogen-bond donors (Lipinski definition) is 0. The molecular formula is C5H8O. The van der Waals surface area contributed by atoms with Gasteiger partial charge in [-0.3, -0.25) is 0 Å². The Labute approximate surface area is 37.6 Å². The normalized spacial score (nSPS) is 42.2. The van der Waals surface area contributed by atoms with Crippen molar-refractivity contribution in [3.63, 3.8) is 0 Å². The summed E-state index contributed by atoms with van der Waals surface area (Å²) in [6.07, 6.45) is 2.64. The van der Waals surface area contributed by atoms with E-state index in [1.807, 2.05) is 13.0 Å². The van der Waals surface area contributed by atoms with Crippen molar-refractivity contribution in [2.24, 2.45) is 0 Å². The smallest absolute Gasteiger partial charge is 0.102 e. The van der Waals surface area contributed by atoms with Gasteiger partial charge < -0.3 is 4.74 Å². The number of hydrogen-bond acceptors (Lipinski definition) is 1. The van der Waals surface area contributed by atoms with Crippen LogP contribution >= 0.6 is 0 Å². The molecular weight excluding hydrogens is 76.1 g/mol.